The number of amides is 2. The van der Waals surface area contributed by atoms with Gasteiger partial charge in [-0.15, -0.1) is 11.3 Å². The molecular formula is C18H21F2N3O3S. The number of nitrogens with zero attached hydrogens (tertiary/aromatic N) is 3. The van der Waals surface area contributed by atoms with Crippen LogP contribution < -0.4 is 9.64 Å². The molecular weight excluding hydrogens is 376 g/mol. The topological polar surface area (TPSA) is 62.7 Å². The second-order valence-corrected chi connectivity index (χ2v) is 7.66. The summed E-state index contributed by atoms with van der Waals surface area (Å²) in [6.45, 7) is 2.74. The number of halogens is 2. The van der Waals surface area contributed by atoms with Crippen molar-refractivity contribution in [2.24, 2.45) is 0 Å². The number of alkyl halides is 2. The zero-order valence-corrected chi connectivity index (χ0v) is 16.5. The van der Waals surface area contributed by atoms with E-state index in [0.29, 0.717) is 5.13 Å². The molecule has 6 nitrogen and oxygen atoms in total. The molecule has 0 aliphatic heterocycles. The van der Waals surface area contributed by atoms with Gasteiger partial charge >= 0.3 is 6.61 Å². The van der Waals surface area contributed by atoms with Crippen molar-refractivity contribution in [3.63, 3.8) is 0 Å². The Kier molecular flexibility index (Phi) is 6.15. The van der Waals surface area contributed by atoms with Crippen molar-refractivity contribution in [1.82, 2.24) is 9.88 Å². The molecule has 9 heteroatoms. The first-order chi connectivity index (χ1) is 12.5. The van der Waals surface area contributed by atoms with E-state index < -0.39 is 12.5 Å². The van der Waals surface area contributed by atoms with Crippen molar-refractivity contribution >= 4 is 28.3 Å². The molecule has 146 valence electrons. The van der Waals surface area contributed by atoms with Gasteiger partial charge in [0.1, 0.15) is 11.4 Å². The lowest BCUT2D eigenvalue weighted by Gasteiger charge is -2.31. The maximum atomic E-state index is 12.6. The first-order valence-corrected chi connectivity index (χ1v) is 8.95. The SMILES string of the molecule is CN(C(=O)c1cccc(OC(F)F)c1)c1nc(C(=O)N(C)C(C)(C)C)cs1. The fourth-order valence-corrected chi connectivity index (χ4v) is 2.84. The summed E-state index contributed by atoms with van der Waals surface area (Å²) in [4.78, 5) is 32.2. The zero-order valence-electron chi connectivity index (χ0n) is 15.7. The first-order valence-electron chi connectivity index (χ1n) is 8.07. The Morgan fingerprint density at radius 1 is 1.19 bits per heavy atom. The minimum atomic E-state index is -2.97. The Bertz CT molecular complexity index is 833. The number of anilines is 1. The molecule has 1 aromatic carbocycles. The van der Waals surface area contributed by atoms with Crippen molar-refractivity contribution in [3.05, 3.63) is 40.9 Å². The minimum absolute atomic E-state index is 0.106. The number of benzene rings is 1. The van der Waals surface area contributed by atoms with Gasteiger partial charge in [-0.25, -0.2) is 4.98 Å². The van der Waals surface area contributed by atoms with Gasteiger partial charge in [0.2, 0.25) is 0 Å². The minimum Gasteiger partial charge on any atom is -0.435 e. The van der Waals surface area contributed by atoms with Crippen LogP contribution in [0.1, 0.15) is 41.6 Å². The number of hydrogen-bond donors (Lipinski definition) is 0. The third-order valence-electron chi connectivity index (χ3n) is 3.92. The van der Waals surface area contributed by atoms with E-state index in [1.807, 2.05) is 20.8 Å². The third-order valence-corrected chi connectivity index (χ3v) is 4.84. The Balaban J connectivity index is 2.19. The van der Waals surface area contributed by atoms with Crippen LogP contribution in [0.3, 0.4) is 0 Å². The first kappa shape index (κ1) is 20.8. The van der Waals surface area contributed by atoms with Gasteiger partial charge in [-0.3, -0.25) is 14.5 Å². The molecule has 0 fully saturated rings. The summed E-state index contributed by atoms with van der Waals surface area (Å²) in [5, 5.41) is 1.91. The predicted octanol–water partition coefficient (Wildman–Crippen LogP) is 3.89. The quantitative estimate of drug-likeness (QED) is 0.768. The maximum absolute atomic E-state index is 12.6. The molecule has 27 heavy (non-hydrogen) atoms. The molecule has 1 heterocycles. The van der Waals surface area contributed by atoms with E-state index in [2.05, 4.69) is 9.72 Å². The fraction of sp³-hybridized carbons (Fsp3) is 0.389. The molecule has 2 rings (SSSR count). The standard InChI is InChI=1S/C18H21F2N3O3S/c1-18(2,3)23(5)15(25)13-10-27-17(21-13)22(4)14(24)11-7-6-8-12(9-11)26-16(19)20/h6-10,16H,1-5H3. The smallest absolute Gasteiger partial charge is 0.387 e. The van der Waals surface area contributed by atoms with Gasteiger partial charge in [-0.2, -0.15) is 8.78 Å². The van der Waals surface area contributed by atoms with Gasteiger partial charge in [0.05, 0.1) is 0 Å². The van der Waals surface area contributed by atoms with E-state index in [9.17, 15) is 18.4 Å². The maximum Gasteiger partial charge on any atom is 0.387 e. The molecule has 1 aromatic heterocycles. The number of carbonyl (C=O) groups excluding carboxylic acids is 2. The molecule has 2 amide bonds. The zero-order chi connectivity index (χ0) is 20.4. The summed E-state index contributed by atoms with van der Waals surface area (Å²) in [5.41, 5.74) is 0.0423. The van der Waals surface area contributed by atoms with Crippen LogP contribution in [-0.2, 0) is 0 Å². The number of aromatic nitrogens is 1. The average molecular weight is 397 g/mol. The van der Waals surface area contributed by atoms with Crippen LogP contribution in [0.25, 0.3) is 0 Å². The van der Waals surface area contributed by atoms with E-state index in [1.165, 1.54) is 36.2 Å². The normalized spacial score (nSPS) is 11.4. The van der Waals surface area contributed by atoms with Crippen LogP contribution in [0.5, 0.6) is 5.75 Å². The van der Waals surface area contributed by atoms with E-state index >= 15 is 0 Å². The summed E-state index contributed by atoms with van der Waals surface area (Å²) in [6, 6.07) is 5.52. The highest BCUT2D eigenvalue weighted by molar-refractivity contribution is 7.14. The van der Waals surface area contributed by atoms with Crippen molar-refractivity contribution in [1.29, 1.82) is 0 Å². The number of hydrogen-bond acceptors (Lipinski definition) is 5. The second kappa shape index (κ2) is 7.99. The van der Waals surface area contributed by atoms with Gasteiger partial charge in [0, 0.05) is 30.6 Å². The lowest BCUT2D eigenvalue weighted by Crippen LogP contribution is -2.42. The van der Waals surface area contributed by atoms with Crippen molar-refractivity contribution in [3.8, 4) is 5.75 Å². The van der Waals surface area contributed by atoms with Gasteiger partial charge in [-0.05, 0) is 39.0 Å². The van der Waals surface area contributed by atoms with Crippen LogP contribution in [0, 0.1) is 0 Å². The van der Waals surface area contributed by atoms with E-state index in [1.54, 1.807) is 17.3 Å². The van der Waals surface area contributed by atoms with Crippen molar-refractivity contribution in [2.75, 3.05) is 19.0 Å². The van der Waals surface area contributed by atoms with Crippen LogP contribution in [0.15, 0.2) is 29.6 Å². The summed E-state index contributed by atoms with van der Waals surface area (Å²) in [5.74, 6) is -0.809. The molecule has 0 bridgehead atoms. The van der Waals surface area contributed by atoms with Gasteiger partial charge in [0.15, 0.2) is 5.13 Å². The summed E-state index contributed by atoms with van der Waals surface area (Å²) >= 11 is 1.15. The second-order valence-electron chi connectivity index (χ2n) is 6.82. The number of ether oxygens (including phenoxy) is 1. The molecule has 0 N–H and O–H groups in total. The lowest BCUT2D eigenvalue weighted by atomic mass is 10.1. The Morgan fingerprint density at radius 3 is 2.44 bits per heavy atom. The molecule has 0 saturated heterocycles. The fourth-order valence-electron chi connectivity index (χ4n) is 2.08. The predicted molar refractivity (Wildman–Crippen MR) is 99.8 cm³/mol. The van der Waals surface area contributed by atoms with E-state index in [-0.39, 0.29) is 28.5 Å². The Morgan fingerprint density at radius 2 is 1.85 bits per heavy atom. The highest BCUT2D eigenvalue weighted by Crippen LogP contribution is 2.24. The Labute approximate surface area is 160 Å². The largest absolute Gasteiger partial charge is 0.435 e. The third kappa shape index (κ3) is 5.00. The van der Waals surface area contributed by atoms with Crippen molar-refractivity contribution < 1.29 is 23.1 Å². The Hall–Kier alpha value is -2.55. The number of carbonyl (C=O) groups is 2. The summed E-state index contributed by atoms with van der Waals surface area (Å²) in [6.07, 6.45) is 0. The van der Waals surface area contributed by atoms with Gasteiger partial charge in [-0.1, -0.05) is 6.07 Å². The highest BCUT2D eigenvalue weighted by atomic mass is 32.1. The van der Waals surface area contributed by atoms with E-state index in [4.69, 9.17) is 0 Å². The monoisotopic (exact) mass is 397 g/mol. The van der Waals surface area contributed by atoms with Crippen LogP contribution >= 0.6 is 11.3 Å². The van der Waals surface area contributed by atoms with Crippen LogP contribution in [0.4, 0.5) is 13.9 Å². The van der Waals surface area contributed by atoms with Crippen LogP contribution in [0.2, 0.25) is 0 Å². The summed E-state index contributed by atoms with van der Waals surface area (Å²) < 4.78 is 29.0. The molecule has 2 aromatic rings. The highest BCUT2D eigenvalue weighted by Gasteiger charge is 2.26. The molecule has 0 aliphatic rings. The molecule has 0 atom stereocenters. The van der Waals surface area contributed by atoms with Crippen molar-refractivity contribution in [2.45, 2.75) is 32.9 Å². The summed E-state index contributed by atoms with van der Waals surface area (Å²) in [7, 11) is 3.19. The molecule has 0 unspecified atom stereocenters. The molecule has 0 radical (unpaired) electrons. The van der Waals surface area contributed by atoms with Crippen LogP contribution in [-0.4, -0.2) is 47.9 Å². The number of rotatable bonds is 5. The molecule has 0 saturated carbocycles. The van der Waals surface area contributed by atoms with E-state index in [0.717, 1.165) is 11.3 Å². The van der Waals surface area contributed by atoms with Gasteiger partial charge < -0.3 is 9.64 Å². The van der Waals surface area contributed by atoms with Gasteiger partial charge in [0.25, 0.3) is 11.8 Å². The molecule has 0 aliphatic carbocycles. The average Bonchev–Trinajstić information content (AvgIpc) is 3.08. The number of thiazole rings is 1. The lowest BCUT2D eigenvalue weighted by molar-refractivity contribution is -0.0498. The molecule has 0 spiro atoms.